The Hall–Kier alpha value is -1.14. The van der Waals surface area contributed by atoms with Crippen molar-refractivity contribution in [1.82, 2.24) is 19.6 Å². The highest BCUT2D eigenvalue weighted by atomic mass is 32.2. The molecule has 15 heavy (non-hydrogen) atoms. The van der Waals surface area contributed by atoms with E-state index in [0.717, 1.165) is 22.3 Å². The summed E-state index contributed by atoms with van der Waals surface area (Å²) in [5.41, 5.74) is 1.74. The lowest BCUT2D eigenvalue weighted by atomic mass is 10.4. The number of thioether (sulfide) groups is 1. The smallest absolute Gasteiger partial charge is 0.197 e. The number of fused-ring (bicyclic) bond motifs is 1. The summed E-state index contributed by atoms with van der Waals surface area (Å²) >= 11 is 1.48. The normalized spacial score (nSPS) is 11.1. The van der Waals surface area contributed by atoms with Crippen molar-refractivity contribution in [3.63, 3.8) is 0 Å². The summed E-state index contributed by atoms with van der Waals surface area (Å²) in [7, 11) is 0. The Bertz CT molecular complexity index is 482. The molecule has 6 heteroatoms. The first-order valence-electron chi connectivity index (χ1n) is 4.65. The van der Waals surface area contributed by atoms with Crippen LogP contribution in [-0.4, -0.2) is 37.0 Å². The third kappa shape index (κ3) is 1.95. The maximum Gasteiger partial charge on any atom is 0.197 e. The van der Waals surface area contributed by atoms with Crippen LogP contribution in [0.3, 0.4) is 0 Å². The molecule has 2 rings (SSSR count). The highest BCUT2D eigenvalue weighted by Crippen LogP contribution is 2.17. The number of aliphatic hydroxyl groups is 1. The van der Waals surface area contributed by atoms with E-state index < -0.39 is 0 Å². The molecule has 0 aliphatic heterocycles. The second-order valence-electron chi connectivity index (χ2n) is 3.19. The zero-order chi connectivity index (χ0) is 10.8. The Labute approximate surface area is 91.6 Å². The van der Waals surface area contributed by atoms with E-state index in [2.05, 4.69) is 15.2 Å². The summed E-state index contributed by atoms with van der Waals surface area (Å²) in [5, 5.41) is 17.7. The molecule has 0 saturated heterocycles. The number of nitrogens with zero attached hydrogens (tertiary/aromatic N) is 4. The summed E-state index contributed by atoms with van der Waals surface area (Å²) in [6.45, 7) is 3.99. The van der Waals surface area contributed by atoms with Gasteiger partial charge in [0, 0.05) is 17.5 Å². The van der Waals surface area contributed by atoms with Gasteiger partial charge in [-0.3, -0.25) is 4.40 Å². The monoisotopic (exact) mass is 224 g/mol. The van der Waals surface area contributed by atoms with Crippen LogP contribution in [-0.2, 0) is 0 Å². The number of aromatic nitrogens is 4. The van der Waals surface area contributed by atoms with Crippen molar-refractivity contribution in [2.75, 3.05) is 12.4 Å². The minimum atomic E-state index is 0.137. The Morgan fingerprint density at radius 2 is 2.20 bits per heavy atom. The second kappa shape index (κ2) is 4.16. The lowest BCUT2D eigenvalue weighted by Gasteiger charge is -2.02. The van der Waals surface area contributed by atoms with Crippen LogP contribution >= 0.6 is 11.8 Å². The zero-order valence-corrected chi connectivity index (χ0v) is 9.45. The van der Waals surface area contributed by atoms with Crippen molar-refractivity contribution in [3.8, 4) is 0 Å². The molecule has 0 aliphatic carbocycles. The van der Waals surface area contributed by atoms with Gasteiger partial charge in [-0.25, -0.2) is 4.98 Å². The quantitative estimate of drug-likeness (QED) is 0.782. The fraction of sp³-hybridized carbons (Fsp3) is 0.444. The first-order valence-corrected chi connectivity index (χ1v) is 5.64. The van der Waals surface area contributed by atoms with E-state index in [0.29, 0.717) is 5.75 Å². The Morgan fingerprint density at radius 3 is 2.93 bits per heavy atom. The van der Waals surface area contributed by atoms with Gasteiger partial charge in [-0.1, -0.05) is 11.8 Å². The average molecular weight is 224 g/mol. The Kier molecular flexibility index (Phi) is 2.88. The molecule has 2 heterocycles. The molecule has 0 bridgehead atoms. The summed E-state index contributed by atoms with van der Waals surface area (Å²) in [5.74, 6) is 1.49. The number of hydrogen-bond acceptors (Lipinski definition) is 5. The topological polar surface area (TPSA) is 63.3 Å². The fourth-order valence-electron chi connectivity index (χ4n) is 1.43. The molecule has 5 nitrogen and oxygen atoms in total. The van der Waals surface area contributed by atoms with Crippen molar-refractivity contribution in [2.24, 2.45) is 0 Å². The number of hydrogen-bond donors (Lipinski definition) is 1. The van der Waals surface area contributed by atoms with Gasteiger partial charge in [-0.2, -0.15) is 0 Å². The van der Waals surface area contributed by atoms with Gasteiger partial charge in [0.1, 0.15) is 5.82 Å². The zero-order valence-electron chi connectivity index (χ0n) is 8.64. The predicted molar refractivity (Wildman–Crippen MR) is 58.1 cm³/mol. The molecule has 1 N–H and O–H groups in total. The van der Waals surface area contributed by atoms with Crippen LogP contribution in [0, 0.1) is 13.8 Å². The van der Waals surface area contributed by atoms with Crippen LogP contribution in [0.1, 0.15) is 11.5 Å². The molecule has 0 radical (unpaired) electrons. The Morgan fingerprint density at radius 1 is 1.40 bits per heavy atom. The standard InChI is InChI=1S/C9H12N4OS/c1-6-5-8-11-12-9(15-4-3-14)13(8)7(2)10-6/h5,14H,3-4H2,1-2H3. The van der Waals surface area contributed by atoms with Crippen LogP contribution in [0.25, 0.3) is 5.65 Å². The minimum absolute atomic E-state index is 0.137. The summed E-state index contributed by atoms with van der Waals surface area (Å²) in [6.07, 6.45) is 0. The number of aryl methyl sites for hydroxylation is 2. The SMILES string of the molecule is Cc1cc2nnc(SCCO)n2c(C)n1. The molecular formula is C9H12N4OS. The first-order chi connectivity index (χ1) is 7.22. The van der Waals surface area contributed by atoms with E-state index in [9.17, 15) is 0 Å². The molecule has 0 aromatic carbocycles. The highest BCUT2D eigenvalue weighted by molar-refractivity contribution is 7.99. The van der Waals surface area contributed by atoms with Gasteiger partial charge in [0.15, 0.2) is 10.8 Å². The average Bonchev–Trinajstić information content (AvgIpc) is 2.58. The maximum atomic E-state index is 8.76. The summed E-state index contributed by atoms with van der Waals surface area (Å²) < 4.78 is 1.90. The Balaban J connectivity index is 2.49. The van der Waals surface area contributed by atoms with Crippen LogP contribution in [0.4, 0.5) is 0 Å². The lowest BCUT2D eigenvalue weighted by molar-refractivity contribution is 0.322. The van der Waals surface area contributed by atoms with E-state index in [1.807, 2.05) is 24.3 Å². The molecule has 0 fully saturated rings. The summed E-state index contributed by atoms with van der Waals surface area (Å²) in [4.78, 5) is 4.35. The molecule has 0 atom stereocenters. The maximum absolute atomic E-state index is 8.76. The molecule has 0 aliphatic rings. The van der Waals surface area contributed by atoms with E-state index in [-0.39, 0.29) is 6.61 Å². The fourth-order valence-corrected chi connectivity index (χ4v) is 2.16. The van der Waals surface area contributed by atoms with E-state index in [4.69, 9.17) is 5.11 Å². The summed E-state index contributed by atoms with van der Waals surface area (Å²) in [6, 6.07) is 1.89. The van der Waals surface area contributed by atoms with Gasteiger partial charge in [-0.15, -0.1) is 10.2 Å². The van der Waals surface area contributed by atoms with Crippen LogP contribution in [0.5, 0.6) is 0 Å². The van der Waals surface area contributed by atoms with Crippen LogP contribution in [0.2, 0.25) is 0 Å². The molecule has 0 spiro atoms. The van der Waals surface area contributed by atoms with Crippen molar-refractivity contribution in [1.29, 1.82) is 0 Å². The van der Waals surface area contributed by atoms with Crippen molar-refractivity contribution < 1.29 is 5.11 Å². The first kappa shape index (κ1) is 10.4. The van der Waals surface area contributed by atoms with Gasteiger partial charge in [0.2, 0.25) is 0 Å². The second-order valence-corrected chi connectivity index (χ2v) is 4.26. The van der Waals surface area contributed by atoms with Crippen LogP contribution in [0.15, 0.2) is 11.2 Å². The predicted octanol–water partition coefficient (Wildman–Crippen LogP) is 0.826. The molecule has 0 saturated carbocycles. The van der Waals surface area contributed by atoms with Crippen molar-refractivity contribution >= 4 is 17.4 Å². The van der Waals surface area contributed by atoms with Gasteiger partial charge >= 0.3 is 0 Å². The van der Waals surface area contributed by atoms with Gasteiger partial charge in [-0.05, 0) is 13.8 Å². The molecular weight excluding hydrogens is 212 g/mol. The van der Waals surface area contributed by atoms with E-state index in [1.165, 1.54) is 11.8 Å². The number of rotatable bonds is 3. The molecule has 2 aromatic heterocycles. The third-order valence-corrected chi connectivity index (χ3v) is 2.89. The van der Waals surface area contributed by atoms with Crippen molar-refractivity contribution in [3.05, 3.63) is 17.6 Å². The van der Waals surface area contributed by atoms with Crippen molar-refractivity contribution in [2.45, 2.75) is 19.0 Å². The highest BCUT2D eigenvalue weighted by Gasteiger charge is 2.08. The lowest BCUT2D eigenvalue weighted by Crippen LogP contribution is -1.99. The van der Waals surface area contributed by atoms with Gasteiger partial charge < -0.3 is 5.11 Å². The largest absolute Gasteiger partial charge is 0.396 e. The minimum Gasteiger partial charge on any atom is -0.396 e. The third-order valence-electron chi connectivity index (χ3n) is 1.98. The number of aliphatic hydroxyl groups excluding tert-OH is 1. The van der Waals surface area contributed by atoms with Gasteiger partial charge in [0.05, 0.1) is 6.61 Å². The van der Waals surface area contributed by atoms with E-state index >= 15 is 0 Å². The molecule has 80 valence electrons. The van der Waals surface area contributed by atoms with Gasteiger partial charge in [0.25, 0.3) is 0 Å². The van der Waals surface area contributed by atoms with E-state index in [1.54, 1.807) is 0 Å². The molecule has 0 amide bonds. The molecule has 0 unspecified atom stereocenters. The molecule has 2 aromatic rings. The van der Waals surface area contributed by atoms with Crippen LogP contribution < -0.4 is 0 Å².